The van der Waals surface area contributed by atoms with E-state index in [-0.39, 0.29) is 4.90 Å². The zero-order chi connectivity index (χ0) is 17.7. The van der Waals surface area contributed by atoms with Crippen LogP contribution in [-0.4, -0.2) is 39.7 Å². The van der Waals surface area contributed by atoms with Crippen molar-refractivity contribution in [2.24, 2.45) is 0 Å². The van der Waals surface area contributed by atoms with Gasteiger partial charge >= 0.3 is 0 Å². The fourth-order valence-electron chi connectivity index (χ4n) is 2.76. The van der Waals surface area contributed by atoms with E-state index in [2.05, 4.69) is 21.5 Å². The molecule has 3 rings (SSSR count). The fraction of sp³-hybridized carbons (Fsp3) is 0.389. The minimum absolute atomic E-state index is 0.254. The van der Waals surface area contributed by atoms with Gasteiger partial charge in [0, 0.05) is 13.1 Å². The smallest absolute Gasteiger partial charge is 0.261 e. The third-order valence-corrected chi connectivity index (χ3v) is 5.50. The van der Waals surface area contributed by atoms with Gasteiger partial charge in [0.1, 0.15) is 5.82 Å². The largest absolute Gasteiger partial charge is 0.378 e. The summed E-state index contributed by atoms with van der Waals surface area (Å²) < 4.78 is 32.9. The van der Waals surface area contributed by atoms with Crippen molar-refractivity contribution in [3.05, 3.63) is 48.2 Å². The van der Waals surface area contributed by atoms with Gasteiger partial charge in [-0.05, 0) is 36.2 Å². The Bertz CT molecular complexity index is 783. The third-order valence-electron chi connectivity index (χ3n) is 4.11. The van der Waals surface area contributed by atoms with Crippen LogP contribution >= 0.6 is 0 Å². The number of pyridine rings is 1. The first-order valence-electron chi connectivity index (χ1n) is 8.49. The first kappa shape index (κ1) is 17.7. The number of hydrogen-bond donors (Lipinski definition) is 1. The highest BCUT2D eigenvalue weighted by Crippen LogP contribution is 2.19. The van der Waals surface area contributed by atoms with Crippen LogP contribution in [0.2, 0.25) is 0 Å². The summed E-state index contributed by atoms with van der Waals surface area (Å²) in [4.78, 5) is 6.74. The molecular weight excluding hydrogens is 338 g/mol. The van der Waals surface area contributed by atoms with Crippen LogP contribution in [0, 0.1) is 0 Å². The number of sulfonamides is 1. The van der Waals surface area contributed by atoms with E-state index in [0.717, 1.165) is 37.3 Å². The molecule has 6 nitrogen and oxygen atoms in total. The highest BCUT2D eigenvalue weighted by molar-refractivity contribution is 7.92. The summed E-state index contributed by atoms with van der Waals surface area (Å²) in [6.45, 7) is 5.05. The molecule has 0 spiro atoms. The summed E-state index contributed by atoms with van der Waals surface area (Å²) in [6.07, 6.45) is 3.53. The predicted octanol–water partition coefficient (Wildman–Crippen LogP) is 2.67. The molecule has 134 valence electrons. The van der Waals surface area contributed by atoms with Crippen LogP contribution in [0.3, 0.4) is 0 Å². The number of nitrogens with one attached hydrogen (secondary N) is 1. The summed E-state index contributed by atoms with van der Waals surface area (Å²) >= 11 is 0. The molecule has 1 aromatic carbocycles. The van der Waals surface area contributed by atoms with Crippen molar-refractivity contribution in [2.45, 2.75) is 24.7 Å². The normalized spacial score (nSPS) is 15.2. The summed E-state index contributed by atoms with van der Waals surface area (Å²) in [5.74, 6) is 0.829. The molecule has 0 amide bonds. The monoisotopic (exact) mass is 361 g/mol. The Morgan fingerprint density at radius 1 is 1.12 bits per heavy atom. The summed E-state index contributed by atoms with van der Waals surface area (Å²) in [5.41, 5.74) is 1.59. The van der Waals surface area contributed by atoms with E-state index in [1.807, 2.05) is 18.2 Å². The van der Waals surface area contributed by atoms with Gasteiger partial charge in [-0.1, -0.05) is 25.5 Å². The number of nitrogens with zero attached hydrogens (tertiary/aromatic N) is 2. The van der Waals surface area contributed by atoms with Gasteiger partial charge in [-0.3, -0.25) is 4.72 Å². The fourth-order valence-corrected chi connectivity index (χ4v) is 3.81. The Kier molecular flexibility index (Phi) is 5.55. The van der Waals surface area contributed by atoms with Crippen molar-refractivity contribution in [1.82, 2.24) is 4.98 Å². The van der Waals surface area contributed by atoms with Crippen LogP contribution in [0.5, 0.6) is 0 Å². The van der Waals surface area contributed by atoms with Gasteiger partial charge in [-0.2, -0.15) is 0 Å². The molecule has 1 saturated heterocycles. The van der Waals surface area contributed by atoms with Gasteiger partial charge in [0.2, 0.25) is 0 Å². The topological polar surface area (TPSA) is 71.5 Å². The zero-order valence-electron chi connectivity index (χ0n) is 14.3. The van der Waals surface area contributed by atoms with Crippen molar-refractivity contribution in [2.75, 3.05) is 35.9 Å². The lowest BCUT2D eigenvalue weighted by atomic mass is 10.1. The first-order chi connectivity index (χ1) is 12.1. The lowest BCUT2D eigenvalue weighted by Gasteiger charge is -2.27. The van der Waals surface area contributed by atoms with E-state index in [4.69, 9.17) is 4.74 Å². The summed E-state index contributed by atoms with van der Waals surface area (Å²) in [5, 5.41) is 0. The van der Waals surface area contributed by atoms with Gasteiger partial charge in [-0.15, -0.1) is 0 Å². The lowest BCUT2D eigenvalue weighted by Crippen LogP contribution is -2.36. The summed E-state index contributed by atoms with van der Waals surface area (Å²) in [6, 6.07) is 10.6. The maximum Gasteiger partial charge on any atom is 0.261 e. The van der Waals surface area contributed by atoms with Crippen LogP contribution in [0.25, 0.3) is 0 Å². The molecule has 2 heterocycles. The maximum atomic E-state index is 12.5. The molecule has 0 atom stereocenters. The maximum absolute atomic E-state index is 12.5. The van der Waals surface area contributed by atoms with Crippen LogP contribution in [0.1, 0.15) is 18.9 Å². The highest BCUT2D eigenvalue weighted by atomic mass is 32.2. The van der Waals surface area contributed by atoms with Gasteiger partial charge in [0.15, 0.2) is 0 Å². The van der Waals surface area contributed by atoms with Gasteiger partial charge in [-0.25, -0.2) is 13.4 Å². The molecule has 1 aliphatic rings. The molecule has 0 unspecified atom stereocenters. The molecule has 7 heteroatoms. The van der Waals surface area contributed by atoms with Crippen molar-refractivity contribution in [3.8, 4) is 0 Å². The molecule has 1 N–H and O–H groups in total. The lowest BCUT2D eigenvalue weighted by molar-refractivity contribution is 0.122. The molecular formula is C18H23N3O3S. The predicted molar refractivity (Wildman–Crippen MR) is 98.5 cm³/mol. The van der Waals surface area contributed by atoms with Crippen LogP contribution in [-0.2, 0) is 21.2 Å². The second-order valence-electron chi connectivity index (χ2n) is 6.00. The quantitative estimate of drug-likeness (QED) is 0.856. The number of anilines is 2. The molecule has 1 fully saturated rings. The SMILES string of the molecule is CCCc1ccc(S(=O)(=O)Nc2ccc(N3CCOCC3)nc2)cc1. The van der Waals surface area contributed by atoms with Gasteiger partial charge < -0.3 is 9.64 Å². The molecule has 0 radical (unpaired) electrons. The second kappa shape index (κ2) is 7.84. The number of aromatic nitrogens is 1. The average Bonchev–Trinajstić information content (AvgIpc) is 2.63. The standard InChI is InChI=1S/C18H23N3O3S/c1-2-3-15-4-7-17(8-5-15)25(22,23)20-16-6-9-18(19-14-16)21-10-12-24-13-11-21/h4-9,14,20H,2-3,10-13H2,1H3. The van der Waals surface area contributed by atoms with Gasteiger partial charge in [0.05, 0.1) is 30.0 Å². The first-order valence-corrected chi connectivity index (χ1v) is 9.97. The van der Waals surface area contributed by atoms with E-state index in [9.17, 15) is 8.42 Å². The molecule has 2 aromatic rings. The van der Waals surface area contributed by atoms with Crippen LogP contribution < -0.4 is 9.62 Å². The summed E-state index contributed by atoms with van der Waals surface area (Å²) in [7, 11) is -3.61. The van der Waals surface area contributed by atoms with Crippen molar-refractivity contribution >= 4 is 21.5 Å². The van der Waals surface area contributed by atoms with Crippen LogP contribution in [0.4, 0.5) is 11.5 Å². The van der Waals surface area contributed by atoms with E-state index in [1.54, 1.807) is 24.4 Å². The number of benzene rings is 1. The molecule has 0 saturated carbocycles. The number of ether oxygens (including phenoxy) is 1. The number of hydrogen-bond acceptors (Lipinski definition) is 5. The van der Waals surface area contributed by atoms with Crippen molar-refractivity contribution in [1.29, 1.82) is 0 Å². The molecule has 1 aromatic heterocycles. The molecule has 1 aliphatic heterocycles. The van der Waals surface area contributed by atoms with Gasteiger partial charge in [0.25, 0.3) is 10.0 Å². The highest BCUT2D eigenvalue weighted by Gasteiger charge is 2.16. The minimum atomic E-state index is -3.61. The van der Waals surface area contributed by atoms with E-state index in [1.165, 1.54) is 0 Å². The Hall–Kier alpha value is -2.12. The number of aryl methyl sites for hydroxylation is 1. The molecule has 25 heavy (non-hydrogen) atoms. The Morgan fingerprint density at radius 2 is 1.84 bits per heavy atom. The van der Waals surface area contributed by atoms with E-state index >= 15 is 0 Å². The Labute approximate surface area is 148 Å². The second-order valence-corrected chi connectivity index (χ2v) is 7.69. The zero-order valence-corrected chi connectivity index (χ0v) is 15.1. The minimum Gasteiger partial charge on any atom is -0.378 e. The third kappa shape index (κ3) is 4.49. The molecule has 0 bridgehead atoms. The number of rotatable bonds is 6. The Balaban J connectivity index is 1.69. The van der Waals surface area contributed by atoms with E-state index in [0.29, 0.717) is 18.9 Å². The van der Waals surface area contributed by atoms with E-state index < -0.39 is 10.0 Å². The number of morpholine rings is 1. The van der Waals surface area contributed by atoms with Crippen molar-refractivity contribution in [3.63, 3.8) is 0 Å². The van der Waals surface area contributed by atoms with Crippen molar-refractivity contribution < 1.29 is 13.2 Å². The Morgan fingerprint density at radius 3 is 2.44 bits per heavy atom. The average molecular weight is 361 g/mol. The van der Waals surface area contributed by atoms with Crippen LogP contribution in [0.15, 0.2) is 47.5 Å². The molecule has 0 aliphatic carbocycles.